The van der Waals surface area contributed by atoms with Crippen LogP contribution >= 0.6 is 0 Å². The Labute approximate surface area is 145 Å². The summed E-state index contributed by atoms with van der Waals surface area (Å²) in [5.74, 6) is -0.00256. The Morgan fingerprint density at radius 1 is 0.696 bits per heavy atom. The molecule has 0 aromatic carbocycles. The first-order chi connectivity index (χ1) is 11.3. The summed E-state index contributed by atoms with van der Waals surface area (Å²) < 4.78 is 5.21. The van der Waals surface area contributed by atoms with E-state index < -0.39 is 0 Å². The molecular weight excluding hydrogens is 284 g/mol. The summed E-state index contributed by atoms with van der Waals surface area (Å²) in [6.45, 7) is 4.99. The lowest BCUT2D eigenvalue weighted by molar-refractivity contribution is -0.143. The van der Waals surface area contributed by atoms with E-state index in [0.717, 1.165) is 19.3 Å². The van der Waals surface area contributed by atoms with Crippen molar-refractivity contribution in [2.75, 3.05) is 6.61 Å². The molecule has 0 N–H and O–H groups in total. The first-order valence-corrected chi connectivity index (χ1v) is 10.1. The molecule has 0 fully saturated rings. The highest BCUT2D eigenvalue weighted by Gasteiger charge is 2.02. The first-order valence-electron chi connectivity index (χ1n) is 10.1. The Balaban J connectivity index is 3.14. The van der Waals surface area contributed by atoms with E-state index in [4.69, 9.17) is 4.74 Å². The standard InChI is InChI=1S/C21H40O2/c1-3-5-7-8-9-10-11-12-13-14-15-16-17-19-21(22)23-20-18-6-4-2/h7-8H,3-6,9-20H2,1-2H3. The molecule has 0 aromatic rings. The van der Waals surface area contributed by atoms with E-state index in [1.165, 1.54) is 70.6 Å². The van der Waals surface area contributed by atoms with Gasteiger partial charge in [-0.05, 0) is 32.1 Å². The maximum absolute atomic E-state index is 11.5. The van der Waals surface area contributed by atoms with Crippen molar-refractivity contribution >= 4 is 5.97 Å². The zero-order valence-electron chi connectivity index (χ0n) is 15.8. The Bertz CT molecular complexity index is 271. The molecule has 0 unspecified atom stereocenters. The lowest BCUT2D eigenvalue weighted by Crippen LogP contribution is -2.05. The minimum Gasteiger partial charge on any atom is -0.466 e. The second-order valence-corrected chi connectivity index (χ2v) is 6.55. The van der Waals surface area contributed by atoms with Crippen LogP contribution in [0.4, 0.5) is 0 Å². The van der Waals surface area contributed by atoms with E-state index in [0.29, 0.717) is 13.0 Å². The molecule has 0 heterocycles. The van der Waals surface area contributed by atoms with Crippen LogP contribution in [0.1, 0.15) is 110 Å². The van der Waals surface area contributed by atoms with E-state index in [1.54, 1.807) is 0 Å². The molecule has 0 aliphatic rings. The average molecular weight is 325 g/mol. The van der Waals surface area contributed by atoms with Gasteiger partial charge in [0.15, 0.2) is 0 Å². The smallest absolute Gasteiger partial charge is 0.305 e. The second kappa shape index (κ2) is 19.3. The van der Waals surface area contributed by atoms with E-state index in [1.807, 2.05) is 0 Å². The van der Waals surface area contributed by atoms with Crippen LogP contribution < -0.4 is 0 Å². The third-order valence-corrected chi connectivity index (χ3v) is 4.13. The van der Waals surface area contributed by atoms with Crippen LogP contribution in [-0.4, -0.2) is 12.6 Å². The van der Waals surface area contributed by atoms with Gasteiger partial charge in [0.1, 0.15) is 0 Å². The summed E-state index contributed by atoms with van der Waals surface area (Å²) in [5.41, 5.74) is 0. The van der Waals surface area contributed by atoms with Gasteiger partial charge in [0.2, 0.25) is 0 Å². The Morgan fingerprint density at radius 3 is 1.96 bits per heavy atom. The number of unbranched alkanes of at least 4 members (excludes halogenated alkanes) is 11. The van der Waals surface area contributed by atoms with Gasteiger partial charge in [0, 0.05) is 6.42 Å². The quantitative estimate of drug-likeness (QED) is 0.164. The maximum atomic E-state index is 11.5. The fraction of sp³-hybridized carbons (Fsp3) is 0.857. The molecule has 23 heavy (non-hydrogen) atoms. The van der Waals surface area contributed by atoms with Crippen molar-refractivity contribution in [1.29, 1.82) is 0 Å². The zero-order valence-corrected chi connectivity index (χ0v) is 15.8. The van der Waals surface area contributed by atoms with Crippen molar-refractivity contribution in [2.45, 2.75) is 110 Å². The van der Waals surface area contributed by atoms with Crippen molar-refractivity contribution < 1.29 is 9.53 Å². The topological polar surface area (TPSA) is 26.3 Å². The lowest BCUT2D eigenvalue weighted by atomic mass is 10.1. The minimum absolute atomic E-state index is 0.00256. The molecule has 2 nitrogen and oxygen atoms in total. The number of allylic oxidation sites excluding steroid dienone is 2. The normalized spacial score (nSPS) is 11.2. The number of carbonyl (C=O) groups is 1. The van der Waals surface area contributed by atoms with Gasteiger partial charge in [-0.25, -0.2) is 0 Å². The summed E-state index contributed by atoms with van der Waals surface area (Å²) >= 11 is 0. The largest absolute Gasteiger partial charge is 0.466 e. The van der Waals surface area contributed by atoms with Gasteiger partial charge in [-0.1, -0.05) is 83.8 Å². The van der Waals surface area contributed by atoms with Crippen molar-refractivity contribution in [1.82, 2.24) is 0 Å². The third-order valence-electron chi connectivity index (χ3n) is 4.13. The monoisotopic (exact) mass is 324 g/mol. The first kappa shape index (κ1) is 22.2. The predicted octanol–water partition coefficient (Wildman–Crippen LogP) is 6.98. The molecule has 0 aliphatic heterocycles. The van der Waals surface area contributed by atoms with Gasteiger partial charge < -0.3 is 4.74 Å². The highest BCUT2D eigenvalue weighted by molar-refractivity contribution is 5.69. The number of hydrogen-bond acceptors (Lipinski definition) is 2. The molecule has 0 saturated heterocycles. The molecule has 0 spiro atoms. The van der Waals surface area contributed by atoms with Crippen LogP contribution in [0.5, 0.6) is 0 Å². The molecule has 0 amide bonds. The van der Waals surface area contributed by atoms with Gasteiger partial charge >= 0.3 is 5.97 Å². The number of esters is 1. The van der Waals surface area contributed by atoms with E-state index in [-0.39, 0.29) is 5.97 Å². The highest BCUT2D eigenvalue weighted by Crippen LogP contribution is 2.11. The Morgan fingerprint density at radius 2 is 1.30 bits per heavy atom. The van der Waals surface area contributed by atoms with E-state index in [9.17, 15) is 4.79 Å². The molecule has 136 valence electrons. The number of carbonyl (C=O) groups excluding carboxylic acids is 1. The molecule has 0 aromatic heterocycles. The van der Waals surface area contributed by atoms with Crippen molar-refractivity contribution in [2.24, 2.45) is 0 Å². The minimum atomic E-state index is -0.00256. The summed E-state index contributed by atoms with van der Waals surface area (Å²) in [5, 5.41) is 0. The Hall–Kier alpha value is -0.790. The molecular formula is C21H40O2. The third kappa shape index (κ3) is 19.2. The summed E-state index contributed by atoms with van der Waals surface area (Å²) in [6, 6.07) is 0. The number of hydrogen-bond donors (Lipinski definition) is 0. The second-order valence-electron chi connectivity index (χ2n) is 6.55. The lowest BCUT2D eigenvalue weighted by Gasteiger charge is -2.04. The summed E-state index contributed by atoms with van der Waals surface area (Å²) in [7, 11) is 0. The zero-order chi connectivity index (χ0) is 17.0. The van der Waals surface area contributed by atoms with Gasteiger partial charge in [0.25, 0.3) is 0 Å². The molecule has 0 bridgehead atoms. The van der Waals surface area contributed by atoms with Gasteiger partial charge in [0.05, 0.1) is 6.61 Å². The van der Waals surface area contributed by atoms with E-state index in [2.05, 4.69) is 26.0 Å². The van der Waals surface area contributed by atoms with Crippen molar-refractivity contribution in [3.8, 4) is 0 Å². The van der Waals surface area contributed by atoms with Crippen LogP contribution in [0.25, 0.3) is 0 Å². The molecule has 0 atom stereocenters. The SMILES string of the molecule is CCCC=CCCCCCCCCCCC(=O)OCCCCC. The van der Waals surface area contributed by atoms with Gasteiger partial charge in [-0.3, -0.25) is 4.79 Å². The number of rotatable bonds is 17. The van der Waals surface area contributed by atoms with Crippen molar-refractivity contribution in [3.05, 3.63) is 12.2 Å². The Kier molecular flexibility index (Phi) is 18.6. The molecule has 2 heteroatoms. The summed E-state index contributed by atoms with van der Waals surface area (Å²) in [6.07, 6.45) is 22.5. The van der Waals surface area contributed by atoms with Crippen molar-refractivity contribution in [3.63, 3.8) is 0 Å². The average Bonchev–Trinajstić information content (AvgIpc) is 2.56. The fourth-order valence-corrected chi connectivity index (χ4v) is 2.60. The maximum Gasteiger partial charge on any atom is 0.305 e. The van der Waals surface area contributed by atoms with Crippen LogP contribution in [0.3, 0.4) is 0 Å². The predicted molar refractivity (Wildman–Crippen MR) is 101 cm³/mol. The van der Waals surface area contributed by atoms with Crippen LogP contribution in [-0.2, 0) is 9.53 Å². The molecule has 0 saturated carbocycles. The summed E-state index contributed by atoms with van der Waals surface area (Å²) in [4.78, 5) is 11.5. The molecule has 0 rings (SSSR count). The van der Waals surface area contributed by atoms with Crippen LogP contribution in [0.15, 0.2) is 12.2 Å². The number of ether oxygens (including phenoxy) is 1. The highest BCUT2D eigenvalue weighted by atomic mass is 16.5. The van der Waals surface area contributed by atoms with Crippen LogP contribution in [0, 0.1) is 0 Å². The van der Waals surface area contributed by atoms with Gasteiger partial charge in [-0.2, -0.15) is 0 Å². The molecule has 0 aliphatic carbocycles. The molecule has 0 radical (unpaired) electrons. The van der Waals surface area contributed by atoms with Gasteiger partial charge in [-0.15, -0.1) is 0 Å². The van der Waals surface area contributed by atoms with E-state index >= 15 is 0 Å². The fourth-order valence-electron chi connectivity index (χ4n) is 2.60. The van der Waals surface area contributed by atoms with Crippen LogP contribution in [0.2, 0.25) is 0 Å².